The molecule has 1 aliphatic carbocycles. The molecule has 1 unspecified atom stereocenters. The molecular weight excluding hydrogens is 250 g/mol. The lowest BCUT2D eigenvalue weighted by atomic mass is 10.1. The van der Waals surface area contributed by atoms with E-state index in [9.17, 15) is 4.79 Å². The number of likely N-dealkylation sites (N-methyl/N-ethyl adjacent to an activating group) is 1. The van der Waals surface area contributed by atoms with Gasteiger partial charge in [0.25, 0.3) is 5.91 Å². The van der Waals surface area contributed by atoms with Crippen molar-refractivity contribution in [2.45, 2.75) is 25.8 Å². The number of halogens is 1. The summed E-state index contributed by atoms with van der Waals surface area (Å²) in [6, 6.07) is 3.85. The van der Waals surface area contributed by atoms with Gasteiger partial charge in [0.15, 0.2) is 0 Å². The van der Waals surface area contributed by atoms with Gasteiger partial charge in [0.1, 0.15) is 0 Å². The Labute approximate surface area is 114 Å². The molecule has 1 saturated carbocycles. The van der Waals surface area contributed by atoms with Crippen molar-refractivity contribution in [3.8, 4) is 0 Å². The van der Waals surface area contributed by atoms with Crippen LogP contribution in [0.2, 0.25) is 0 Å². The van der Waals surface area contributed by atoms with E-state index in [0.29, 0.717) is 18.0 Å². The van der Waals surface area contributed by atoms with Crippen LogP contribution in [0.5, 0.6) is 0 Å². The van der Waals surface area contributed by atoms with E-state index in [1.807, 2.05) is 26.1 Å². The normalized spacial score (nSPS) is 15.7. The predicted molar refractivity (Wildman–Crippen MR) is 73.9 cm³/mol. The summed E-state index contributed by atoms with van der Waals surface area (Å²) >= 11 is 0. The van der Waals surface area contributed by atoms with Crippen molar-refractivity contribution in [1.29, 1.82) is 0 Å². The van der Waals surface area contributed by atoms with E-state index in [4.69, 9.17) is 5.73 Å². The average Bonchev–Trinajstić information content (AvgIpc) is 3.14. The van der Waals surface area contributed by atoms with E-state index < -0.39 is 0 Å². The lowest BCUT2D eigenvalue weighted by Crippen LogP contribution is -2.43. The fourth-order valence-corrected chi connectivity index (χ4v) is 2.10. The second-order valence-corrected chi connectivity index (χ2v) is 4.74. The Morgan fingerprint density at radius 3 is 2.67 bits per heavy atom. The second kappa shape index (κ2) is 6.16. The highest BCUT2D eigenvalue weighted by molar-refractivity contribution is 5.94. The van der Waals surface area contributed by atoms with Crippen LogP contribution in [0.15, 0.2) is 18.3 Å². The highest BCUT2D eigenvalue weighted by Crippen LogP contribution is 2.34. The lowest BCUT2D eigenvalue weighted by molar-refractivity contribution is 0.0718. The molecule has 0 aromatic carbocycles. The molecule has 18 heavy (non-hydrogen) atoms. The number of rotatable bonds is 4. The Morgan fingerprint density at radius 2 is 2.22 bits per heavy atom. The van der Waals surface area contributed by atoms with Crippen LogP contribution in [0.3, 0.4) is 0 Å². The molecule has 2 rings (SSSR count). The summed E-state index contributed by atoms with van der Waals surface area (Å²) in [5.74, 6) is 0.604. The Bertz CT molecular complexity index is 403. The number of nitrogens with two attached hydrogens (primary N) is 1. The summed E-state index contributed by atoms with van der Waals surface area (Å²) in [5.41, 5.74) is 7.30. The van der Waals surface area contributed by atoms with Crippen LogP contribution in [0.4, 0.5) is 0 Å². The summed E-state index contributed by atoms with van der Waals surface area (Å²) in [7, 11) is 1.83. The van der Waals surface area contributed by atoms with Crippen molar-refractivity contribution in [2.75, 3.05) is 13.6 Å². The van der Waals surface area contributed by atoms with Crippen molar-refractivity contribution >= 4 is 18.3 Å². The number of aryl methyl sites for hydroxylation is 1. The Kier molecular flexibility index (Phi) is 5.11. The first-order valence-electron chi connectivity index (χ1n) is 6.03. The molecule has 1 amide bonds. The molecule has 1 atom stereocenters. The van der Waals surface area contributed by atoms with Crippen LogP contribution < -0.4 is 5.73 Å². The quantitative estimate of drug-likeness (QED) is 0.904. The molecule has 0 spiro atoms. The topological polar surface area (TPSA) is 59.2 Å². The van der Waals surface area contributed by atoms with Crippen molar-refractivity contribution < 1.29 is 4.79 Å². The molecule has 0 radical (unpaired) electrons. The molecule has 0 saturated heterocycles. The van der Waals surface area contributed by atoms with Gasteiger partial charge in [-0.05, 0) is 37.8 Å². The first kappa shape index (κ1) is 14.9. The number of aromatic nitrogens is 1. The zero-order chi connectivity index (χ0) is 12.4. The number of amides is 1. The molecule has 1 aromatic rings. The van der Waals surface area contributed by atoms with Crippen molar-refractivity contribution in [1.82, 2.24) is 9.88 Å². The Hall–Kier alpha value is -1.13. The van der Waals surface area contributed by atoms with E-state index in [-0.39, 0.29) is 24.4 Å². The minimum atomic E-state index is 0. The summed E-state index contributed by atoms with van der Waals surface area (Å²) < 4.78 is 0. The molecule has 1 heterocycles. The molecule has 100 valence electrons. The molecular formula is C13H20ClN3O. The summed E-state index contributed by atoms with van der Waals surface area (Å²) in [4.78, 5) is 18.1. The van der Waals surface area contributed by atoms with Gasteiger partial charge in [0.2, 0.25) is 0 Å². The third-order valence-electron chi connectivity index (χ3n) is 3.38. The summed E-state index contributed by atoms with van der Waals surface area (Å²) in [6.07, 6.45) is 4.01. The van der Waals surface area contributed by atoms with E-state index in [2.05, 4.69) is 4.98 Å². The van der Waals surface area contributed by atoms with E-state index >= 15 is 0 Å². The molecule has 0 bridgehead atoms. The van der Waals surface area contributed by atoms with Gasteiger partial charge in [-0.15, -0.1) is 12.4 Å². The first-order valence-corrected chi connectivity index (χ1v) is 6.03. The smallest absolute Gasteiger partial charge is 0.255 e. The second-order valence-electron chi connectivity index (χ2n) is 4.74. The summed E-state index contributed by atoms with van der Waals surface area (Å²) in [5, 5.41) is 0. The zero-order valence-electron chi connectivity index (χ0n) is 10.8. The van der Waals surface area contributed by atoms with Crippen LogP contribution in [-0.2, 0) is 0 Å². The monoisotopic (exact) mass is 269 g/mol. The zero-order valence-corrected chi connectivity index (χ0v) is 11.6. The molecule has 1 aromatic heterocycles. The third-order valence-corrected chi connectivity index (χ3v) is 3.38. The van der Waals surface area contributed by atoms with Crippen LogP contribution in [-0.4, -0.2) is 35.4 Å². The number of hydrogen-bond donors (Lipinski definition) is 1. The van der Waals surface area contributed by atoms with Crippen LogP contribution in [0.25, 0.3) is 0 Å². The third kappa shape index (κ3) is 3.21. The van der Waals surface area contributed by atoms with Gasteiger partial charge < -0.3 is 10.6 Å². The lowest BCUT2D eigenvalue weighted by Gasteiger charge is -2.27. The number of nitrogens with zero attached hydrogens (tertiary/aromatic N) is 2. The molecule has 2 N–H and O–H groups in total. The van der Waals surface area contributed by atoms with Gasteiger partial charge >= 0.3 is 0 Å². The molecule has 4 nitrogen and oxygen atoms in total. The van der Waals surface area contributed by atoms with Crippen molar-refractivity contribution in [2.24, 2.45) is 11.7 Å². The fraction of sp³-hybridized carbons (Fsp3) is 0.538. The van der Waals surface area contributed by atoms with E-state index in [1.165, 1.54) is 12.8 Å². The number of carbonyl (C=O) groups is 1. The highest BCUT2D eigenvalue weighted by atomic mass is 35.5. The van der Waals surface area contributed by atoms with Gasteiger partial charge in [-0.1, -0.05) is 0 Å². The van der Waals surface area contributed by atoms with Crippen molar-refractivity contribution in [3.63, 3.8) is 0 Å². The van der Waals surface area contributed by atoms with Crippen LogP contribution in [0.1, 0.15) is 28.9 Å². The van der Waals surface area contributed by atoms with Crippen LogP contribution >= 0.6 is 12.4 Å². The van der Waals surface area contributed by atoms with Gasteiger partial charge in [-0.25, -0.2) is 0 Å². The maximum atomic E-state index is 12.2. The predicted octanol–water partition coefficient (Wildman–Crippen LogP) is 1.62. The van der Waals surface area contributed by atoms with E-state index in [0.717, 1.165) is 5.69 Å². The Balaban J connectivity index is 0.00000162. The Morgan fingerprint density at radius 1 is 1.56 bits per heavy atom. The molecule has 0 aliphatic heterocycles. The SMILES string of the molecule is Cc1ccc(C(=O)N(C)C(CN)C2CC2)cn1.Cl. The fourth-order valence-electron chi connectivity index (χ4n) is 2.10. The average molecular weight is 270 g/mol. The minimum Gasteiger partial charge on any atom is -0.337 e. The van der Waals surface area contributed by atoms with Gasteiger partial charge in [0.05, 0.1) is 5.56 Å². The largest absolute Gasteiger partial charge is 0.337 e. The molecule has 1 aliphatic rings. The highest BCUT2D eigenvalue weighted by Gasteiger charge is 2.34. The summed E-state index contributed by atoms with van der Waals surface area (Å²) in [6.45, 7) is 2.44. The number of hydrogen-bond acceptors (Lipinski definition) is 3. The number of carbonyl (C=O) groups excluding carboxylic acids is 1. The molecule has 5 heteroatoms. The maximum Gasteiger partial charge on any atom is 0.255 e. The van der Waals surface area contributed by atoms with Gasteiger partial charge in [-0.3, -0.25) is 9.78 Å². The number of pyridine rings is 1. The minimum absolute atomic E-state index is 0. The molecule has 1 fully saturated rings. The van der Waals surface area contributed by atoms with Gasteiger partial charge in [-0.2, -0.15) is 0 Å². The van der Waals surface area contributed by atoms with E-state index in [1.54, 1.807) is 11.1 Å². The van der Waals surface area contributed by atoms with Crippen LogP contribution in [0, 0.1) is 12.8 Å². The first-order chi connectivity index (χ1) is 8.13. The standard InChI is InChI=1S/C13H19N3O.ClH/c1-9-3-4-11(8-15-9)13(17)16(2)12(7-14)10-5-6-10;/h3-4,8,10,12H,5-7,14H2,1-2H3;1H. The van der Waals surface area contributed by atoms with Crippen molar-refractivity contribution in [3.05, 3.63) is 29.6 Å². The van der Waals surface area contributed by atoms with Gasteiger partial charge in [0, 0.05) is 31.5 Å². The maximum absolute atomic E-state index is 12.2.